The van der Waals surface area contributed by atoms with E-state index >= 15 is 0 Å². The van der Waals surface area contributed by atoms with Crippen molar-refractivity contribution in [3.8, 4) is 11.5 Å². The summed E-state index contributed by atoms with van der Waals surface area (Å²) in [5.74, 6) is 0.0376. The highest BCUT2D eigenvalue weighted by Crippen LogP contribution is 2.38. The molecule has 2 amide bonds. The van der Waals surface area contributed by atoms with Crippen LogP contribution < -0.4 is 14.8 Å². The normalized spacial score (nSPS) is 21.2. The molecule has 39 heavy (non-hydrogen) atoms. The first-order chi connectivity index (χ1) is 18.7. The van der Waals surface area contributed by atoms with Gasteiger partial charge in [-0.05, 0) is 67.0 Å². The molecule has 214 valence electrons. The van der Waals surface area contributed by atoms with E-state index in [0.717, 1.165) is 25.7 Å². The monoisotopic (exact) mass is 656 g/mol. The lowest BCUT2D eigenvalue weighted by molar-refractivity contribution is -0.142. The number of rotatable bonds is 13. The van der Waals surface area contributed by atoms with Crippen LogP contribution in [0.2, 0.25) is 0 Å². The lowest BCUT2D eigenvalue weighted by Gasteiger charge is -2.43. The number of Topliss-reactive ketones (excluding diaryl/α,β-unsaturated/α-hetero) is 1. The summed E-state index contributed by atoms with van der Waals surface area (Å²) < 4.78 is 12.3. The summed E-state index contributed by atoms with van der Waals surface area (Å²) in [5.41, 5.74) is 0.732. The molecule has 1 aromatic carbocycles. The van der Waals surface area contributed by atoms with Gasteiger partial charge in [0.1, 0.15) is 24.3 Å². The first kappa shape index (κ1) is 31.0. The second kappa shape index (κ2) is 14.8. The number of methoxy groups -OCH3 is 1. The van der Waals surface area contributed by atoms with Crippen molar-refractivity contribution in [1.29, 1.82) is 0 Å². The fourth-order valence-electron chi connectivity index (χ4n) is 5.27. The molecule has 0 saturated heterocycles. The molecule has 11 heteroatoms. The van der Waals surface area contributed by atoms with Crippen molar-refractivity contribution in [1.82, 2.24) is 10.2 Å². The zero-order chi connectivity index (χ0) is 28.5. The summed E-state index contributed by atoms with van der Waals surface area (Å²) in [6.45, 7) is 1.32. The maximum Gasteiger partial charge on any atom is 0.247 e. The molecule has 0 bridgehead atoms. The Morgan fingerprint density at radius 1 is 1.21 bits per heavy atom. The van der Waals surface area contributed by atoms with Crippen LogP contribution in [0.3, 0.4) is 0 Å². The van der Waals surface area contributed by atoms with E-state index in [1.54, 1.807) is 17.0 Å². The molecule has 3 atom stereocenters. The first-order valence-electron chi connectivity index (χ1n) is 13.3. The predicted molar refractivity (Wildman–Crippen MR) is 152 cm³/mol. The van der Waals surface area contributed by atoms with Crippen LogP contribution in [0, 0.1) is 3.57 Å². The lowest BCUT2D eigenvalue weighted by atomic mass is 9.87. The predicted octanol–water partition coefficient (Wildman–Crippen LogP) is 2.56. The van der Waals surface area contributed by atoms with Gasteiger partial charge < -0.3 is 34.7 Å². The highest BCUT2D eigenvalue weighted by molar-refractivity contribution is 14.1. The highest BCUT2D eigenvalue weighted by atomic mass is 127. The Kier molecular flexibility index (Phi) is 11.7. The molecule has 3 rings (SSSR count). The minimum atomic E-state index is -1.16. The zero-order valence-corrected chi connectivity index (χ0v) is 24.5. The fourth-order valence-corrected chi connectivity index (χ4v) is 6.02. The molecule has 1 saturated carbocycles. The number of carbonyl (C=O) groups is 4. The van der Waals surface area contributed by atoms with Crippen molar-refractivity contribution >= 4 is 46.5 Å². The van der Waals surface area contributed by atoms with Gasteiger partial charge in [-0.15, -0.1) is 0 Å². The van der Waals surface area contributed by atoms with E-state index in [4.69, 9.17) is 9.47 Å². The Bertz CT molecular complexity index is 1090. The van der Waals surface area contributed by atoms with Crippen LogP contribution in [0.1, 0.15) is 68.6 Å². The molecule has 2 aliphatic rings. The van der Waals surface area contributed by atoms with Gasteiger partial charge in [-0.2, -0.15) is 0 Å². The van der Waals surface area contributed by atoms with Gasteiger partial charge in [-0.25, -0.2) is 0 Å². The molecule has 3 unspecified atom stereocenters. The van der Waals surface area contributed by atoms with E-state index in [1.807, 2.05) is 22.6 Å². The number of aldehydes is 1. The Labute approximate surface area is 242 Å². The molecule has 1 fully saturated rings. The molecule has 1 aromatic rings. The van der Waals surface area contributed by atoms with Crippen molar-refractivity contribution in [3.63, 3.8) is 0 Å². The lowest BCUT2D eigenvalue weighted by Crippen LogP contribution is -2.57. The Balaban J connectivity index is 1.98. The smallest absolute Gasteiger partial charge is 0.247 e. The van der Waals surface area contributed by atoms with Gasteiger partial charge in [-0.1, -0.05) is 12.8 Å². The largest absolute Gasteiger partial charge is 0.493 e. The molecule has 0 heterocycles. The van der Waals surface area contributed by atoms with Gasteiger partial charge >= 0.3 is 0 Å². The molecule has 3 N–H and O–H groups in total. The molecule has 0 radical (unpaired) electrons. The van der Waals surface area contributed by atoms with Gasteiger partial charge in [0.05, 0.1) is 23.3 Å². The summed E-state index contributed by atoms with van der Waals surface area (Å²) in [4.78, 5) is 51.1. The number of aliphatic hydroxyl groups excluding tert-OH is 2. The van der Waals surface area contributed by atoms with E-state index < -0.39 is 24.2 Å². The van der Waals surface area contributed by atoms with Crippen molar-refractivity contribution in [2.24, 2.45) is 0 Å². The van der Waals surface area contributed by atoms with Crippen molar-refractivity contribution in [2.75, 3.05) is 20.3 Å². The SMILES string of the molecule is COc1cc(C=O)cc(I)c1OC1C=C(C(=O)NCCO)CC(N(C(=O)CCCC(C)=O)C2CCCC2)C1O. The summed E-state index contributed by atoms with van der Waals surface area (Å²) in [6, 6.07) is 2.33. The average molecular weight is 657 g/mol. The maximum atomic E-state index is 13.6. The Hall–Kier alpha value is -2.51. The van der Waals surface area contributed by atoms with Crippen molar-refractivity contribution < 1.29 is 38.9 Å². The Morgan fingerprint density at radius 3 is 2.54 bits per heavy atom. The number of ether oxygens (including phenoxy) is 2. The maximum absolute atomic E-state index is 13.6. The minimum absolute atomic E-state index is 0.0105. The van der Waals surface area contributed by atoms with E-state index in [0.29, 0.717) is 45.3 Å². The number of aliphatic hydroxyl groups is 2. The number of ketones is 1. The van der Waals surface area contributed by atoms with Gasteiger partial charge in [0.25, 0.3) is 0 Å². The standard InChI is InChI=1S/C28H37IN2O8/c1-17(34)6-5-9-25(35)31(20-7-3-4-8-20)22-14-19(28(37)30-10-11-32)15-23(26(22)36)39-27-21(29)12-18(16-33)13-24(27)38-2/h12-13,15-16,20,22-23,26,32,36H,3-11,14H2,1-2H3,(H,30,37). The third kappa shape index (κ3) is 8.01. The van der Waals surface area contributed by atoms with E-state index in [9.17, 15) is 29.4 Å². The molecule has 0 aliphatic heterocycles. The molecular weight excluding hydrogens is 619 g/mol. The van der Waals surface area contributed by atoms with Crippen LogP contribution in [0.25, 0.3) is 0 Å². The average Bonchev–Trinajstić information content (AvgIpc) is 3.44. The summed E-state index contributed by atoms with van der Waals surface area (Å²) in [6.07, 6.45) is 4.58. The number of hydrogen-bond acceptors (Lipinski definition) is 8. The van der Waals surface area contributed by atoms with E-state index in [2.05, 4.69) is 5.32 Å². The number of hydrogen-bond donors (Lipinski definition) is 3. The van der Waals surface area contributed by atoms with Crippen LogP contribution in [0.4, 0.5) is 0 Å². The van der Waals surface area contributed by atoms with Crippen LogP contribution in [0.5, 0.6) is 11.5 Å². The van der Waals surface area contributed by atoms with E-state index in [1.165, 1.54) is 20.1 Å². The van der Waals surface area contributed by atoms with Crippen molar-refractivity contribution in [3.05, 3.63) is 32.9 Å². The quantitative estimate of drug-likeness (QED) is 0.217. The Morgan fingerprint density at radius 2 is 1.92 bits per heavy atom. The summed E-state index contributed by atoms with van der Waals surface area (Å²) >= 11 is 2.01. The third-order valence-corrected chi connectivity index (χ3v) is 7.94. The summed E-state index contributed by atoms with van der Waals surface area (Å²) in [7, 11) is 1.44. The van der Waals surface area contributed by atoms with Crippen LogP contribution in [-0.4, -0.2) is 83.5 Å². The van der Waals surface area contributed by atoms with Gasteiger partial charge in [0.2, 0.25) is 11.8 Å². The second-order valence-corrected chi connectivity index (χ2v) is 11.1. The number of amides is 2. The highest BCUT2D eigenvalue weighted by Gasteiger charge is 2.43. The van der Waals surface area contributed by atoms with Crippen LogP contribution >= 0.6 is 22.6 Å². The van der Waals surface area contributed by atoms with Gasteiger partial charge in [0, 0.05) is 43.0 Å². The molecular formula is C28H37IN2O8. The van der Waals surface area contributed by atoms with Crippen LogP contribution in [-0.2, 0) is 14.4 Å². The van der Waals surface area contributed by atoms with Gasteiger partial charge in [0.15, 0.2) is 11.5 Å². The molecule has 10 nitrogen and oxygen atoms in total. The van der Waals surface area contributed by atoms with E-state index in [-0.39, 0.29) is 43.7 Å². The molecule has 0 aromatic heterocycles. The fraction of sp³-hybridized carbons (Fsp3) is 0.571. The zero-order valence-electron chi connectivity index (χ0n) is 22.4. The third-order valence-electron chi connectivity index (χ3n) is 7.14. The number of benzene rings is 1. The first-order valence-corrected chi connectivity index (χ1v) is 14.4. The number of nitrogens with one attached hydrogen (secondary N) is 1. The minimum Gasteiger partial charge on any atom is -0.493 e. The molecule has 2 aliphatic carbocycles. The van der Waals surface area contributed by atoms with Gasteiger partial charge in [-0.3, -0.25) is 14.4 Å². The molecule has 0 spiro atoms. The topological polar surface area (TPSA) is 142 Å². The van der Waals surface area contributed by atoms with Crippen LogP contribution in [0.15, 0.2) is 23.8 Å². The van der Waals surface area contributed by atoms with Crippen molar-refractivity contribution in [2.45, 2.75) is 82.6 Å². The number of carbonyl (C=O) groups excluding carboxylic acids is 4. The number of nitrogens with zero attached hydrogens (tertiary/aromatic N) is 1. The number of halogens is 1. The second-order valence-electron chi connectivity index (χ2n) is 9.96. The summed E-state index contributed by atoms with van der Waals surface area (Å²) in [5, 5.41) is 23.5.